The van der Waals surface area contributed by atoms with E-state index in [1.165, 1.54) is 9.58 Å². The first kappa shape index (κ1) is 21.8. The Bertz CT molecular complexity index is 1230. The Morgan fingerprint density at radius 3 is 2.16 bits per heavy atom. The molecular formula is C24H23ClN4O3. The van der Waals surface area contributed by atoms with Crippen molar-refractivity contribution in [3.05, 3.63) is 71.1 Å². The molecule has 0 saturated carbocycles. The van der Waals surface area contributed by atoms with Gasteiger partial charge in [0.2, 0.25) is 0 Å². The first-order valence-corrected chi connectivity index (χ1v) is 10.7. The molecule has 2 aromatic heterocycles. The molecule has 0 radical (unpaired) electrons. The molecule has 1 aromatic carbocycles. The standard InChI is InChI=1S/C24H23ClN4O3/c1-14(2)20-18(23(31)29(26-20)17-10-8-16(25)9-11-17)19-21(27-12-6-5-7-13-27)24(32)28(15(3)4)22(19)30/h5-15H,1-4H3. The highest BCUT2D eigenvalue weighted by atomic mass is 35.5. The molecular weight excluding hydrogens is 428 g/mol. The first-order chi connectivity index (χ1) is 15.2. The molecule has 2 amide bonds. The number of amides is 2. The van der Waals surface area contributed by atoms with Crippen molar-refractivity contribution in [1.82, 2.24) is 14.7 Å². The lowest BCUT2D eigenvalue weighted by atomic mass is 9.98. The normalized spacial score (nSPS) is 14.4. The van der Waals surface area contributed by atoms with Crippen LogP contribution in [0.15, 0.2) is 54.9 Å². The minimum Gasteiger partial charge on any atom is -0.858 e. The smallest absolute Gasteiger partial charge is 0.327 e. The van der Waals surface area contributed by atoms with Crippen LogP contribution in [0, 0.1) is 0 Å². The highest BCUT2D eigenvalue weighted by Gasteiger charge is 2.47. The van der Waals surface area contributed by atoms with Crippen molar-refractivity contribution in [2.45, 2.75) is 39.7 Å². The zero-order valence-corrected chi connectivity index (χ0v) is 19.0. The van der Waals surface area contributed by atoms with E-state index < -0.39 is 17.7 Å². The number of halogens is 1. The fourth-order valence-corrected chi connectivity index (χ4v) is 3.96. The monoisotopic (exact) mass is 450 g/mol. The topological polar surface area (TPSA) is 82.1 Å². The molecule has 7 nitrogen and oxygen atoms in total. The van der Waals surface area contributed by atoms with E-state index >= 15 is 0 Å². The summed E-state index contributed by atoms with van der Waals surface area (Å²) in [5.41, 5.74) is 1.37. The van der Waals surface area contributed by atoms with Crippen LogP contribution in [0.3, 0.4) is 0 Å². The molecule has 0 aliphatic carbocycles. The van der Waals surface area contributed by atoms with E-state index in [1.807, 2.05) is 19.9 Å². The van der Waals surface area contributed by atoms with Crippen molar-refractivity contribution in [3.8, 4) is 11.6 Å². The van der Waals surface area contributed by atoms with Gasteiger partial charge in [-0.1, -0.05) is 31.5 Å². The van der Waals surface area contributed by atoms with Gasteiger partial charge < -0.3 is 5.11 Å². The highest BCUT2D eigenvalue weighted by molar-refractivity contribution is 6.45. The van der Waals surface area contributed by atoms with E-state index in [0.717, 1.165) is 0 Å². The zero-order valence-electron chi connectivity index (χ0n) is 18.2. The summed E-state index contributed by atoms with van der Waals surface area (Å²) in [6, 6.07) is 11.7. The summed E-state index contributed by atoms with van der Waals surface area (Å²) in [7, 11) is 0. The summed E-state index contributed by atoms with van der Waals surface area (Å²) < 4.78 is 2.85. The summed E-state index contributed by atoms with van der Waals surface area (Å²) in [5, 5.41) is 18.7. The van der Waals surface area contributed by atoms with Crippen LogP contribution in [0.1, 0.15) is 44.9 Å². The summed E-state index contributed by atoms with van der Waals surface area (Å²) >= 11 is 5.99. The van der Waals surface area contributed by atoms with Crippen molar-refractivity contribution in [2.24, 2.45) is 0 Å². The second kappa shape index (κ2) is 8.24. The number of pyridine rings is 1. The Morgan fingerprint density at radius 1 is 0.969 bits per heavy atom. The molecule has 0 spiro atoms. The Kier molecular flexibility index (Phi) is 5.60. The third-order valence-corrected chi connectivity index (χ3v) is 5.57. The molecule has 0 N–H and O–H groups in total. The molecule has 1 aliphatic heterocycles. The predicted molar refractivity (Wildman–Crippen MR) is 119 cm³/mol. The maximum atomic E-state index is 13.6. The molecule has 1 aliphatic rings. The van der Waals surface area contributed by atoms with Crippen LogP contribution in [-0.2, 0) is 9.59 Å². The third kappa shape index (κ3) is 3.48. The average molecular weight is 451 g/mol. The molecule has 0 fully saturated rings. The lowest BCUT2D eigenvalue weighted by molar-refractivity contribution is -0.576. The van der Waals surface area contributed by atoms with Crippen molar-refractivity contribution in [2.75, 3.05) is 0 Å². The minimum atomic E-state index is -0.494. The second-order valence-electron chi connectivity index (χ2n) is 8.19. The van der Waals surface area contributed by atoms with Gasteiger partial charge in [0, 0.05) is 28.8 Å². The summed E-state index contributed by atoms with van der Waals surface area (Å²) in [5.74, 6) is -1.54. The number of rotatable bonds is 5. The van der Waals surface area contributed by atoms with Crippen LogP contribution < -0.4 is 9.67 Å². The van der Waals surface area contributed by atoms with Crippen LogP contribution in [0.4, 0.5) is 0 Å². The molecule has 0 unspecified atom stereocenters. The number of aromatic nitrogens is 3. The summed E-state index contributed by atoms with van der Waals surface area (Å²) in [6.45, 7) is 7.33. The maximum absolute atomic E-state index is 13.6. The third-order valence-electron chi connectivity index (χ3n) is 5.32. The van der Waals surface area contributed by atoms with E-state index in [9.17, 15) is 14.7 Å². The van der Waals surface area contributed by atoms with E-state index in [0.29, 0.717) is 16.4 Å². The Balaban J connectivity index is 2.03. The van der Waals surface area contributed by atoms with Crippen LogP contribution in [0.5, 0.6) is 5.88 Å². The average Bonchev–Trinajstić information content (AvgIpc) is 3.22. The van der Waals surface area contributed by atoms with Crippen LogP contribution >= 0.6 is 11.6 Å². The number of benzene rings is 1. The summed E-state index contributed by atoms with van der Waals surface area (Å²) in [4.78, 5) is 28.0. The quantitative estimate of drug-likeness (QED) is 0.441. The van der Waals surface area contributed by atoms with Gasteiger partial charge >= 0.3 is 5.91 Å². The molecule has 164 valence electrons. The van der Waals surface area contributed by atoms with Crippen molar-refractivity contribution >= 4 is 34.7 Å². The van der Waals surface area contributed by atoms with Gasteiger partial charge in [-0.15, -0.1) is 0 Å². The predicted octanol–water partition coefficient (Wildman–Crippen LogP) is 3.16. The van der Waals surface area contributed by atoms with Gasteiger partial charge in [-0.2, -0.15) is 9.67 Å². The van der Waals surface area contributed by atoms with Gasteiger partial charge in [-0.05, 0) is 49.9 Å². The summed E-state index contributed by atoms with van der Waals surface area (Å²) in [6.07, 6.45) is 3.38. The van der Waals surface area contributed by atoms with E-state index in [-0.39, 0.29) is 28.8 Å². The van der Waals surface area contributed by atoms with Crippen LogP contribution in [0.2, 0.25) is 5.02 Å². The molecule has 0 saturated heterocycles. The van der Waals surface area contributed by atoms with E-state index in [2.05, 4.69) is 5.10 Å². The van der Waals surface area contributed by atoms with Crippen molar-refractivity contribution in [1.29, 1.82) is 0 Å². The van der Waals surface area contributed by atoms with Crippen molar-refractivity contribution in [3.63, 3.8) is 0 Å². The van der Waals surface area contributed by atoms with Crippen molar-refractivity contribution < 1.29 is 19.3 Å². The number of imide groups is 1. The maximum Gasteiger partial charge on any atom is 0.327 e. The number of carbonyl (C=O) groups is 2. The Hall–Kier alpha value is -3.45. The molecule has 0 bridgehead atoms. The number of carbonyl (C=O) groups excluding carboxylic acids is 2. The number of hydrogen-bond donors (Lipinski definition) is 0. The van der Waals surface area contributed by atoms with Gasteiger partial charge in [0.05, 0.1) is 11.4 Å². The molecule has 4 rings (SSSR count). The SMILES string of the molecule is CC(C)c1nn(-c2ccc(Cl)cc2)c([O-])c1C1=C([n+]2ccccc2)C(=O)N(C(C)C)C1=O. The van der Waals surface area contributed by atoms with Gasteiger partial charge in [-0.25, -0.2) is 4.68 Å². The fourth-order valence-electron chi connectivity index (χ4n) is 3.83. The van der Waals surface area contributed by atoms with Crippen LogP contribution in [-0.4, -0.2) is 32.5 Å². The molecule has 8 heteroatoms. The largest absolute Gasteiger partial charge is 0.858 e. The lowest BCUT2D eigenvalue weighted by Gasteiger charge is -2.19. The first-order valence-electron chi connectivity index (χ1n) is 10.4. The molecule has 0 atom stereocenters. The van der Waals surface area contributed by atoms with Gasteiger partial charge in [0.15, 0.2) is 12.4 Å². The minimum absolute atomic E-state index is 0.0776. The van der Waals surface area contributed by atoms with E-state index in [4.69, 9.17) is 11.6 Å². The zero-order chi connectivity index (χ0) is 23.2. The molecule has 3 heterocycles. The fraction of sp³-hybridized carbons (Fsp3) is 0.250. The Labute approximate surface area is 191 Å². The Morgan fingerprint density at radius 2 is 1.59 bits per heavy atom. The van der Waals surface area contributed by atoms with Gasteiger partial charge in [0.1, 0.15) is 5.57 Å². The van der Waals surface area contributed by atoms with Gasteiger partial charge in [-0.3, -0.25) is 14.5 Å². The number of hydrogen-bond acceptors (Lipinski definition) is 4. The van der Waals surface area contributed by atoms with Gasteiger partial charge in [0.25, 0.3) is 11.6 Å². The lowest BCUT2D eigenvalue weighted by Crippen LogP contribution is -2.42. The van der Waals surface area contributed by atoms with Crippen LogP contribution in [0.25, 0.3) is 17.0 Å². The molecule has 3 aromatic rings. The highest BCUT2D eigenvalue weighted by Crippen LogP contribution is 2.39. The molecule has 32 heavy (non-hydrogen) atoms. The van der Waals surface area contributed by atoms with E-state index in [1.54, 1.807) is 67.2 Å². The number of nitrogens with zero attached hydrogens (tertiary/aromatic N) is 4. The second-order valence-corrected chi connectivity index (χ2v) is 8.63.